The first-order valence-corrected chi connectivity index (χ1v) is 14.8. The topological polar surface area (TPSA) is 90.5 Å². The fourth-order valence-corrected chi connectivity index (χ4v) is 8.57. The van der Waals surface area contributed by atoms with Gasteiger partial charge in [0, 0.05) is 41.9 Å². The average molecular weight is 527 g/mol. The van der Waals surface area contributed by atoms with E-state index in [1.807, 2.05) is 18.2 Å². The number of fused-ring (bicyclic) bond motifs is 1. The van der Waals surface area contributed by atoms with Crippen molar-refractivity contribution in [2.45, 2.75) is 82.5 Å². The van der Waals surface area contributed by atoms with Crippen LogP contribution in [0.1, 0.15) is 78.4 Å². The first kappa shape index (κ1) is 24.8. The highest BCUT2D eigenvalue weighted by Crippen LogP contribution is 2.55. The lowest BCUT2D eigenvalue weighted by Gasteiger charge is -2.57. The largest absolute Gasteiger partial charge is 0.381 e. The molecule has 4 aliphatic carbocycles. The lowest BCUT2D eigenvalue weighted by atomic mass is 9.53. The Hall–Kier alpha value is -3.19. The Morgan fingerprint density at radius 3 is 2.28 bits per heavy atom. The van der Waals surface area contributed by atoms with Crippen molar-refractivity contribution < 1.29 is 14.4 Å². The van der Waals surface area contributed by atoms with Crippen molar-refractivity contribution in [1.82, 2.24) is 15.5 Å². The normalized spacial score (nSPS) is 31.0. The molecule has 3 amide bonds. The summed E-state index contributed by atoms with van der Waals surface area (Å²) in [6.07, 6.45) is 10.3. The Bertz CT molecular complexity index is 1270. The number of nitrogens with one attached hydrogen (secondary N) is 3. The molecule has 204 valence electrons. The molecule has 3 N–H and O–H groups in total. The fourth-order valence-electron chi connectivity index (χ4n) is 8.57. The van der Waals surface area contributed by atoms with Crippen molar-refractivity contribution in [2.24, 2.45) is 17.8 Å². The molecule has 1 unspecified atom stereocenters. The maximum absolute atomic E-state index is 13.1. The first-order valence-electron chi connectivity index (χ1n) is 14.8. The van der Waals surface area contributed by atoms with Gasteiger partial charge in [-0.25, -0.2) is 0 Å². The summed E-state index contributed by atoms with van der Waals surface area (Å²) in [7, 11) is 0. The maximum atomic E-state index is 13.1. The van der Waals surface area contributed by atoms with Gasteiger partial charge < -0.3 is 15.5 Å². The van der Waals surface area contributed by atoms with Gasteiger partial charge in [-0.15, -0.1) is 0 Å². The molecule has 1 saturated heterocycles. The first-order chi connectivity index (χ1) is 18.9. The second-order valence-corrected chi connectivity index (χ2v) is 12.8. The predicted molar refractivity (Wildman–Crippen MR) is 149 cm³/mol. The van der Waals surface area contributed by atoms with Crippen molar-refractivity contribution in [2.75, 3.05) is 11.9 Å². The zero-order valence-corrected chi connectivity index (χ0v) is 22.5. The molecule has 4 saturated carbocycles. The molecule has 0 radical (unpaired) electrons. The van der Waals surface area contributed by atoms with Crippen LogP contribution in [-0.4, -0.2) is 40.7 Å². The second kappa shape index (κ2) is 9.77. The van der Waals surface area contributed by atoms with Crippen LogP contribution in [0, 0.1) is 17.8 Å². The average Bonchev–Trinajstić information content (AvgIpc) is 3.24. The highest BCUT2D eigenvalue weighted by molar-refractivity contribution is 6.06. The van der Waals surface area contributed by atoms with Crippen LogP contribution in [0.3, 0.4) is 0 Å². The summed E-state index contributed by atoms with van der Waals surface area (Å²) in [5.41, 5.74) is 5.44. The number of amides is 3. The summed E-state index contributed by atoms with van der Waals surface area (Å²) in [5, 5.41) is 9.90. The minimum Gasteiger partial charge on any atom is -0.381 e. The van der Waals surface area contributed by atoms with Gasteiger partial charge in [0.2, 0.25) is 11.8 Å². The number of carbonyl (C=O) groups is 3. The summed E-state index contributed by atoms with van der Waals surface area (Å²) < 4.78 is 0. The summed E-state index contributed by atoms with van der Waals surface area (Å²) >= 11 is 0. The van der Waals surface area contributed by atoms with Gasteiger partial charge >= 0.3 is 0 Å². The van der Waals surface area contributed by atoms with Crippen LogP contribution in [0.15, 0.2) is 42.5 Å². The van der Waals surface area contributed by atoms with E-state index in [1.54, 1.807) is 4.90 Å². The number of nitrogens with zero attached hydrogens (tertiary/aromatic N) is 1. The van der Waals surface area contributed by atoms with Crippen molar-refractivity contribution in [3.05, 3.63) is 64.7 Å². The molecule has 39 heavy (non-hydrogen) atoms. The Morgan fingerprint density at radius 2 is 1.59 bits per heavy atom. The molecule has 0 aromatic heterocycles. The van der Waals surface area contributed by atoms with E-state index in [-0.39, 0.29) is 24.1 Å². The lowest BCUT2D eigenvalue weighted by Crippen LogP contribution is -2.58. The lowest BCUT2D eigenvalue weighted by molar-refractivity contribution is -0.136. The van der Waals surface area contributed by atoms with Crippen LogP contribution < -0.4 is 16.0 Å². The monoisotopic (exact) mass is 526 g/mol. The van der Waals surface area contributed by atoms with E-state index in [0.717, 1.165) is 42.0 Å². The molecular weight excluding hydrogens is 488 g/mol. The SMILES string of the molecule is O=C1CCC(N2Cc3c(NCc4ccc(CCNC56CC7CC(CC(C7)C5)C6)cc4)cccc3C2=O)C(=O)N1. The van der Waals surface area contributed by atoms with E-state index in [4.69, 9.17) is 0 Å². The minimum atomic E-state index is -0.597. The van der Waals surface area contributed by atoms with Crippen LogP contribution in [-0.2, 0) is 29.1 Å². The van der Waals surface area contributed by atoms with Crippen LogP contribution in [0.25, 0.3) is 0 Å². The number of hydrogen-bond donors (Lipinski definition) is 3. The fraction of sp³-hybridized carbons (Fsp3) is 0.531. The zero-order valence-electron chi connectivity index (χ0n) is 22.5. The van der Waals surface area contributed by atoms with Crippen LogP contribution in [0.5, 0.6) is 0 Å². The maximum Gasteiger partial charge on any atom is 0.255 e. The number of anilines is 1. The zero-order chi connectivity index (χ0) is 26.6. The smallest absolute Gasteiger partial charge is 0.255 e. The standard InChI is InChI=1S/C32H38N4O3/c37-29-9-8-28(30(38)35-29)36-19-26-25(31(36)39)2-1-3-27(26)33-18-21-6-4-20(5-7-21)10-11-34-32-15-22-12-23(16-32)14-24(13-22)17-32/h1-7,22-24,28,33-34H,8-19H2,(H,35,37,38). The summed E-state index contributed by atoms with van der Waals surface area (Å²) in [6, 6.07) is 14.0. The van der Waals surface area contributed by atoms with Crippen LogP contribution in [0.4, 0.5) is 5.69 Å². The van der Waals surface area contributed by atoms with E-state index in [0.29, 0.717) is 30.6 Å². The minimum absolute atomic E-state index is 0.144. The quantitative estimate of drug-likeness (QED) is 0.450. The van der Waals surface area contributed by atoms with Crippen molar-refractivity contribution in [1.29, 1.82) is 0 Å². The number of carbonyl (C=O) groups excluding carboxylic acids is 3. The van der Waals surface area contributed by atoms with Crippen molar-refractivity contribution in [3.63, 3.8) is 0 Å². The Labute approximate surface area is 230 Å². The molecule has 2 aromatic rings. The molecule has 2 aliphatic heterocycles. The third-order valence-electron chi connectivity index (χ3n) is 10.0. The molecule has 0 spiro atoms. The second-order valence-electron chi connectivity index (χ2n) is 12.8. The molecule has 8 rings (SSSR count). The Balaban J connectivity index is 0.939. The number of piperidine rings is 1. The molecule has 1 atom stereocenters. The van der Waals surface area contributed by atoms with Gasteiger partial charge in [-0.1, -0.05) is 30.3 Å². The molecule has 2 heterocycles. The number of hydrogen-bond acceptors (Lipinski definition) is 5. The number of imide groups is 1. The Morgan fingerprint density at radius 1 is 0.897 bits per heavy atom. The van der Waals surface area contributed by atoms with Gasteiger partial charge in [-0.2, -0.15) is 0 Å². The number of rotatable bonds is 8. The predicted octanol–water partition coefficient (Wildman–Crippen LogP) is 4.16. The summed E-state index contributed by atoms with van der Waals surface area (Å²) in [5.74, 6) is 2.12. The molecular formula is C32H38N4O3. The Kier molecular flexibility index (Phi) is 6.22. The van der Waals surface area contributed by atoms with Crippen molar-refractivity contribution in [3.8, 4) is 0 Å². The highest BCUT2D eigenvalue weighted by Gasteiger charge is 2.50. The molecule has 4 bridgehead atoms. The number of benzene rings is 2. The molecule has 5 fully saturated rings. The summed E-state index contributed by atoms with van der Waals surface area (Å²) in [6.45, 7) is 2.09. The summed E-state index contributed by atoms with van der Waals surface area (Å²) in [4.78, 5) is 38.6. The molecule has 7 heteroatoms. The van der Waals surface area contributed by atoms with E-state index < -0.39 is 6.04 Å². The third-order valence-corrected chi connectivity index (χ3v) is 10.0. The van der Waals surface area contributed by atoms with Gasteiger partial charge in [-0.3, -0.25) is 19.7 Å². The van der Waals surface area contributed by atoms with Crippen LogP contribution >= 0.6 is 0 Å². The van der Waals surface area contributed by atoms with E-state index >= 15 is 0 Å². The van der Waals surface area contributed by atoms with Crippen molar-refractivity contribution >= 4 is 23.4 Å². The van der Waals surface area contributed by atoms with E-state index in [1.165, 1.54) is 49.7 Å². The molecule has 6 aliphatic rings. The van der Waals surface area contributed by atoms with Gasteiger partial charge in [0.1, 0.15) is 6.04 Å². The van der Waals surface area contributed by atoms with E-state index in [9.17, 15) is 14.4 Å². The van der Waals surface area contributed by atoms with E-state index in [2.05, 4.69) is 40.2 Å². The van der Waals surface area contributed by atoms with Crippen LogP contribution in [0.2, 0.25) is 0 Å². The highest BCUT2D eigenvalue weighted by atomic mass is 16.2. The van der Waals surface area contributed by atoms with Gasteiger partial charge in [0.15, 0.2) is 0 Å². The third kappa shape index (κ3) is 4.75. The van der Waals surface area contributed by atoms with Gasteiger partial charge in [0.25, 0.3) is 5.91 Å². The molecule has 2 aromatic carbocycles. The molecule has 7 nitrogen and oxygen atoms in total. The van der Waals surface area contributed by atoms with Gasteiger partial charge in [-0.05, 0) is 98.9 Å². The van der Waals surface area contributed by atoms with Gasteiger partial charge in [0.05, 0.1) is 0 Å².